The fourth-order valence-electron chi connectivity index (χ4n) is 2.71. The normalized spacial score (nSPS) is 16.8. The summed E-state index contributed by atoms with van der Waals surface area (Å²) < 4.78 is 5.64. The summed E-state index contributed by atoms with van der Waals surface area (Å²) >= 11 is 0. The summed E-state index contributed by atoms with van der Waals surface area (Å²) in [5.74, 6) is 0.304. The lowest BCUT2D eigenvalue weighted by atomic mass is 10.1. The summed E-state index contributed by atoms with van der Waals surface area (Å²) in [6.07, 6.45) is 7.68. The van der Waals surface area contributed by atoms with Crippen molar-refractivity contribution in [3.63, 3.8) is 0 Å². The first-order valence-corrected chi connectivity index (χ1v) is 9.00. The van der Waals surface area contributed by atoms with Crippen LogP contribution < -0.4 is 5.32 Å². The van der Waals surface area contributed by atoms with E-state index in [9.17, 15) is 9.59 Å². The van der Waals surface area contributed by atoms with Crippen molar-refractivity contribution in [2.45, 2.75) is 45.6 Å². The van der Waals surface area contributed by atoms with Gasteiger partial charge in [-0.05, 0) is 25.2 Å². The standard InChI is InChI=1S/C18H28N4O3/c1-14(2)5-7-21-17(23)6-10-22(13-15-4-3-11-25-15)18(24)16-12-19-8-9-20-16/h8-9,12,14-15H,3-7,10-11,13H2,1-2H3,(H,21,23). The first-order valence-electron chi connectivity index (χ1n) is 9.00. The third-order valence-corrected chi connectivity index (χ3v) is 4.17. The summed E-state index contributed by atoms with van der Waals surface area (Å²) in [4.78, 5) is 34.4. The van der Waals surface area contributed by atoms with E-state index in [0.29, 0.717) is 31.2 Å². The van der Waals surface area contributed by atoms with Crippen molar-refractivity contribution < 1.29 is 14.3 Å². The van der Waals surface area contributed by atoms with Crippen LogP contribution in [0.5, 0.6) is 0 Å². The first kappa shape index (κ1) is 19.3. The van der Waals surface area contributed by atoms with Crippen LogP contribution in [0.25, 0.3) is 0 Å². The van der Waals surface area contributed by atoms with Crippen LogP contribution in [0, 0.1) is 5.92 Å². The molecule has 0 radical (unpaired) electrons. The zero-order valence-electron chi connectivity index (χ0n) is 15.1. The largest absolute Gasteiger partial charge is 0.376 e. The zero-order valence-corrected chi connectivity index (χ0v) is 15.1. The number of carbonyl (C=O) groups excluding carboxylic acids is 2. The highest BCUT2D eigenvalue weighted by Gasteiger charge is 2.24. The van der Waals surface area contributed by atoms with Gasteiger partial charge in [0.15, 0.2) is 0 Å². The van der Waals surface area contributed by atoms with Crippen LogP contribution in [-0.4, -0.2) is 59.0 Å². The number of nitrogens with zero attached hydrogens (tertiary/aromatic N) is 3. The van der Waals surface area contributed by atoms with Crippen molar-refractivity contribution in [3.05, 3.63) is 24.3 Å². The van der Waals surface area contributed by atoms with Crippen LogP contribution >= 0.6 is 0 Å². The van der Waals surface area contributed by atoms with Gasteiger partial charge in [-0.15, -0.1) is 0 Å². The fraction of sp³-hybridized carbons (Fsp3) is 0.667. The molecule has 1 atom stereocenters. The average molecular weight is 348 g/mol. The second-order valence-electron chi connectivity index (χ2n) is 6.76. The van der Waals surface area contributed by atoms with Crippen LogP contribution in [0.3, 0.4) is 0 Å². The molecule has 1 unspecified atom stereocenters. The van der Waals surface area contributed by atoms with Gasteiger partial charge in [-0.3, -0.25) is 14.6 Å². The zero-order chi connectivity index (χ0) is 18.1. The predicted molar refractivity (Wildman–Crippen MR) is 94.0 cm³/mol. The molecule has 0 aliphatic carbocycles. The summed E-state index contributed by atoms with van der Waals surface area (Å²) in [6.45, 7) is 6.47. The van der Waals surface area contributed by atoms with Crippen LogP contribution in [0.15, 0.2) is 18.6 Å². The van der Waals surface area contributed by atoms with Gasteiger partial charge >= 0.3 is 0 Å². The Balaban J connectivity index is 1.89. The van der Waals surface area contributed by atoms with Gasteiger partial charge in [-0.1, -0.05) is 13.8 Å². The van der Waals surface area contributed by atoms with Crippen LogP contribution in [0.4, 0.5) is 0 Å². The van der Waals surface area contributed by atoms with Crippen molar-refractivity contribution in [1.29, 1.82) is 0 Å². The Morgan fingerprint density at radius 2 is 2.24 bits per heavy atom. The molecule has 25 heavy (non-hydrogen) atoms. The van der Waals surface area contributed by atoms with Gasteiger partial charge in [0.25, 0.3) is 5.91 Å². The Bertz CT molecular complexity index is 545. The van der Waals surface area contributed by atoms with Gasteiger partial charge in [-0.2, -0.15) is 0 Å². The van der Waals surface area contributed by atoms with Gasteiger partial charge in [-0.25, -0.2) is 4.98 Å². The maximum atomic E-state index is 12.7. The molecule has 1 fully saturated rings. The minimum absolute atomic E-state index is 0.0321. The SMILES string of the molecule is CC(C)CCNC(=O)CCN(CC1CCCO1)C(=O)c1cnccn1. The molecule has 2 amide bonds. The molecule has 2 heterocycles. The average Bonchev–Trinajstić information content (AvgIpc) is 3.11. The lowest BCUT2D eigenvalue weighted by Gasteiger charge is -2.25. The van der Waals surface area contributed by atoms with E-state index in [1.165, 1.54) is 18.6 Å². The van der Waals surface area contributed by atoms with Crippen molar-refractivity contribution in [3.8, 4) is 0 Å². The molecule has 1 aromatic rings. The monoisotopic (exact) mass is 348 g/mol. The van der Waals surface area contributed by atoms with E-state index in [4.69, 9.17) is 4.74 Å². The molecule has 7 nitrogen and oxygen atoms in total. The molecule has 0 spiro atoms. The number of rotatable bonds is 9. The molecule has 7 heteroatoms. The molecule has 138 valence electrons. The van der Waals surface area contributed by atoms with Crippen molar-refractivity contribution in [1.82, 2.24) is 20.2 Å². The number of carbonyl (C=O) groups is 2. The maximum absolute atomic E-state index is 12.7. The minimum Gasteiger partial charge on any atom is -0.376 e. The number of hydrogen-bond acceptors (Lipinski definition) is 5. The highest BCUT2D eigenvalue weighted by Crippen LogP contribution is 2.15. The second kappa shape index (κ2) is 10.1. The molecule has 1 aliphatic heterocycles. The third-order valence-electron chi connectivity index (χ3n) is 4.17. The van der Waals surface area contributed by atoms with E-state index in [-0.39, 0.29) is 24.3 Å². The summed E-state index contributed by atoms with van der Waals surface area (Å²) in [5, 5.41) is 2.91. The molecule has 2 rings (SSSR count). The Morgan fingerprint density at radius 3 is 2.88 bits per heavy atom. The predicted octanol–water partition coefficient (Wildman–Crippen LogP) is 1.65. The van der Waals surface area contributed by atoms with Gasteiger partial charge in [0.1, 0.15) is 5.69 Å². The Labute approximate surface area is 149 Å². The fourth-order valence-corrected chi connectivity index (χ4v) is 2.71. The molecule has 1 saturated heterocycles. The van der Waals surface area contributed by atoms with E-state index in [2.05, 4.69) is 29.1 Å². The molecule has 0 bridgehead atoms. The summed E-state index contributed by atoms with van der Waals surface area (Å²) in [7, 11) is 0. The molecular weight excluding hydrogens is 320 g/mol. The van der Waals surface area contributed by atoms with Gasteiger partial charge in [0.05, 0.1) is 12.3 Å². The van der Waals surface area contributed by atoms with E-state index in [1.54, 1.807) is 4.90 Å². The van der Waals surface area contributed by atoms with E-state index in [1.807, 2.05) is 0 Å². The number of amides is 2. The minimum atomic E-state index is -0.210. The lowest BCUT2D eigenvalue weighted by molar-refractivity contribution is -0.121. The van der Waals surface area contributed by atoms with Crippen LogP contribution in [0.1, 0.15) is 50.0 Å². The Morgan fingerprint density at radius 1 is 1.40 bits per heavy atom. The molecule has 0 aromatic carbocycles. The number of hydrogen-bond donors (Lipinski definition) is 1. The van der Waals surface area contributed by atoms with Crippen LogP contribution in [0.2, 0.25) is 0 Å². The van der Waals surface area contributed by atoms with Crippen molar-refractivity contribution in [2.24, 2.45) is 5.92 Å². The number of nitrogens with one attached hydrogen (secondary N) is 1. The molecule has 1 aromatic heterocycles. The first-order chi connectivity index (χ1) is 12.1. The lowest BCUT2D eigenvalue weighted by Crippen LogP contribution is -2.40. The maximum Gasteiger partial charge on any atom is 0.274 e. The van der Waals surface area contributed by atoms with Crippen LogP contribution in [-0.2, 0) is 9.53 Å². The summed E-state index contributed by atoms with van der Waals surface area (Å²) in [6, 6.07) is 0. The molecule has 0 saturated carbocycles. The molecular formula is C18H28N4O3. The van der Waals surface area contributed by atoms with Gasteiger partial charge in [0.2, 0.25) is 5.91 Å². The summed E-state index contributed by atoms with van der Waals surface area (Å²) in [5.41, 5.74) is 0.292. The third kappa shape index (κ3) is 6.78. The highest BCUT2D eigenvalue weighted by atomic mass is 16.5. The Hall–Kier alpha value is -2.02. The Kier molecular flexibility index (Phi) is 7.78. The topological polar surface area (TPSA) is 84.4 Å². The van der Waals surface area contributed by atoms with E-state index >= 15 is 0 Å². The van der Waals surface area contributed by atoms with Crippen molar-refractivity contribution in [2.75, 3.05) is 26.2 Å². The van der Waals surface area contributed by atoms with Gasteiger partial charge < -0.3 is 15.0 Å². The number of aromatic nitrogens is 2. The smallest absolute Gasteiger partial charge is 0.274 e. The molecule has 1 aliphatic rings. The van der Waals surface area contributed by atoms with Crippen molar-refractivity contribution >= 4 is 11.8 Å². The molecule has 1 N–H and O–H groups in total. The van der Waals surface area contributed by atoms with Gasteiger partial charge in [0, 0.05) is 45.1 Å². The second-order valence-corrected chi connectivity index (χ2v) is 6.76. The van der Waals surface area contributed by atoms with E-state index < -0.39 is 0 Å². The number of ether oxygens (including phenoxy) is 1. The highest BCUT2D eigenvalue weighted by molar-refractivity contribution is 5.92. The van der Waals surface area contributed by atoms with E-state index in [0.717, 1.165) is 25.9 Å². The quantitative estimate of drug-likeness (QED) is 0.733.